The predicted octanol–water partition coefficient (Wildman–Crippen LogP) is 1.25. The summed E-state index contributed by atoms with van der Waals surface area (Å²) in [4.78, 5) is 15.9. The summed E-state index contributed by atoms with van der Waals surface area (Å²) in [5, 5.41) is 9.48. The first-order chi connectivity index (χ1) is 9.74. The van der Waals surface area contributed by atoms with Gasteiger partial charge in [0, 0.05) is 6.42 Å². The van der Waals surface area contributed by atoms with E-state index in [1.807, 2.05) is 0 Å². The van der Waals surface area contributed by atoms with Crippen molar-refractivity contribution >= 4 is 17.3 Å². The molecule has 2 saturated heterocycles. The minimum atomic E-state index is -0.843. The smallest absolute Gasteiger partial charge is 0.303 e. The number of rotatable bonds is 5. The molecule has 0 aliphatic carbocycles. The molecule has 7 nitrogen and oxygen atoms in total. The van der Waals surface area contributed by atoms with Gasteiger partial charge in [0.25, 0.3) is 0 Å². The van der Waals surface area contributed by atoms with E-state index in [1.165, 1.54) is 11.3 Å². The number of thiazole rings is 1. The number of aliphatic carboxylic acids is 1. The maximum absolute atomic E-state index is 10.7. The van der Waals surface area contributed by atoms with Gasteiger partial charge in [-0.05, 0) is 0 Å². The summed E-state index contributed by atoms with van der Waals surface area (Å²) in [6, 6.07) is 0. The number of carbonyl (C=O) groups is 1. The Morgan fingerprint density at radius 2 is 1.75 bits per heavy atom. The zero-order valence-corrected chi connectivity index (χ0v) is 11.6. The molecule has 2 aliphatic heterocycles. The first kappa shape index (κ1) is 13.9. The zero-order valence-electron chi connectivity index (χ0n) is 10.7. The largest absolute Gasteiger partial charge is 0.481 e. The van der Waals surface area contributed by atoms with Crippen molar-refractivity contribution in [2.75, 3.05) is 26.4 Å². The fourth-order valence-electron chi connectivity index (χ4n) is 2.08. The fourth-order valence-corrected chi connectivity index (χ4v) is 3.16. The van der Waals surface area contributed by atoms with Crippen LogP contribution in [-0.2, 0) is 30.2 Å². The molecule has 0 saturated carbocycles. The van der Waals surface area contributed by atoms with Crippen LogP contribution >= 0.6 is 11.3 Å². The van der Waals surface area contributed by atoms with Crippen molar-refractivity contribution < 1.29 is 28.8 Å². The van der Waals surface area contributed by atoms with Gasteiger partial charge in [-0.25, -0.2) is 4.98 Å². The summed E-state index contributed by atoms with van der Waals surface area (Å²) in [5.74, 6) is -0.843. The number of hydrogen-bond acceptors (Lipinski definition) is 7. The molecule has 1 N–H and O–H groups in total. The standard InChI is InChI=1S/C12H15NO6S/c14-8(15)2-1-7-13-9(11-16-3-4-17-11)10(20-7)12-18-5-6-19-12/h11-12H,1-6H2,(H,14,15). The van der Waals surface area contributed by atoms with Gasteiger partial charge in [0.1, 0.15) is 5.69 Å². The van der Waals surface area contributed by atoms with Crippen LogP contribution in [0.5, 0.6) is 0 Å². The van der Waals surface area contributed by atoms with Crippen LogP contribution < -0.4 is 0 Å². The lowest BCUT2D eigenvalue weighted by molar-refractivity contribution is -0.136. The minimum absolute atomic E-state index is 0.0468. The van der Waals surface area contributed by atoms with E-state index in [0.717, 1.165) is 9.88 Å². The molecule has 1 aromatic rings. The minimum Gasteiger partial charge on any atom is -0.481 e. The second-order valence-corrected chi connectivity index (χ2v) is 5.51. The number of carboxylic acid groups (broad SMARTS) is 1. The summed E-state index contributed by atoms with van der Waals surface area (Å²) < 4.78 is 21.9. The monoisotopic (exact) mass is 301 g/mol. The molecule has 0 aromatic carbocycles. The summed E-state index contributed by atoms with van der Waals surface area (Å²) in [7, 11) is 0. The average Bonchev–Trinajstić information content (AvgIpc) is 3.15. The van der Waals surface area contributed by atoms with Crippen LogP contribution in [0.1, 0.15) is 34.6 Å². The van der Waals surface area contributed by atoms with E-state index >= 15 is 0 Å². The van der Waals surface area contributed by atoms with E-state index in [0.29, 0.717) is 38.5 Å². The third-order valence-electron chi connectivity index (χ3n) is 2.96. The van der Waals surface area contributed by atoms with Crippen LogP contribution in [0, 0.1) is 0 Å². The van der Waals surface area contributed by atoms with Crippen molar-refractivity contribution in [1.29, 1.82) is 0 Å². The SMILES string of the molecule is O=C(O)CCc1nc(C2OCCO2)c(C2OCCO2)s1. The molecular weight excluding hydrogens is 286 g/mol. The van der Waals surface area contributed by atoms with Gasteiger partial charge in [0.2, 0.25) is 6.29 Å². The van der Waals surface area contributed by atoms with E-state index < -0.39 is 18.5 Å². The van der Waals surface area contributed by atoms with Crippen LogP contribution in [0.25, 0.3) is 0 Å². The van der Waals surface area contributed by atoms with E-state index in [1.54, 1.807) is 0 Å². The van der Waals surface area contributed by atoms with Crippen molar-refractivity contribution in [1.82, 2.24) is 4.98 Å². The molecule has 2 aliphatic rings. The van der Waals surface area contributed by atoms with E-state index in [9.17, 15) is 4.79 Å². The maximum Gasteiger partial charge on any atom is 0.303 e. The Balaban J connectivity index is 1.82. The topological polar surface area (TPSA) is 87.1 Å². The van der Waals surface area contributed by atoms with Crippen molar-refractivity contribution in [3.63, 3.8) is 0 Å². The summed E-state index contributed by atoms with van der Waals surface area (Å²) in [6.07, 6.45) is -0.529. The lowest BCUT2D eigenvalue weighted by atomic mass is 10.3. The molecule has 0 bridgehead atoms. The quantitative estimate of drug-likeness (QED) is 0.875. The fraction of sp³-hybridized carbons (Fsp3) is 0.667. The van der Waals surface area contributed by atoms with Gasteiger partial charge in [-0.15, -0.1) is 11.3 Å². The van der Waals surface area contributed by atoms with Crippen molar-refractivity contribution in [3.05, 3.63) is 15.6 Å². The second-order valence-electron chi connectivity index (χ2n) is 4.40. The molecule has 3 rings (SSSR count). The van der Waals surface area contributed by atoms with Crippen LogP contribution in [0.3, 0.4) is 0 Å². The third-order valence-corrected chi connectivity index (χ3v) is 4.11. The molecule has 0 spiro atoms. The van der Waals surface area contributed by atoms with Crippen molar-refractivity contribution in [2.24, 2.45) is 0 Å². The van der Waals surface area contributed by atoms with Gasteiger partial charge in [-0.3, -0.25) is 4.79 Å². The molecule has 110 valence electrons. The number of aryl methyl sites for hydroxylation is 1. The number of aromatic nitrogens is 1. The van der Waals surface area contributed by atoms with Crippen LogP contribution in [0.4, 0.5) is 0 Å². The van der Waals surface area contributed by atoms with Gasteiger partial charge in [-0.1, -0.05) is 0 Å². The summed E-state index contributed by atoms with van der Waals surface area (Å²) in [6.45, 7) is 2.13. The third kappa shape index (κ3) is 2.99. The normalized spacial score (nSPS) is 20.8. The molecule has 0 atom stereocenters. The Kier molecular flexibility index (Phi) is 4.27. The highest BCUT2D eigenvalue weighted by molar-refractivity contribution is 7.11. The number of ether oxygens (including phenoxy) is 4. The molecule has 0 amide bonds. The van der Waals surface area contributed by atoms with Crippen LogP contribution in [0.15, 0.2) is 0 Å². The van der Waals surface area contributed by atoms with E-state index in [-0.39, 0.29) is 6.42 Å². The number of hydrogen-bond donors (Lipinski definition) is 1. The van der Waals surface area contributed by atoms with Gasteiger partial charge in [0.05, 0.1) is 42.7 Å². The maximum atomic E-state index is 10.7. The van der Waals surface area contributed by atoms with Gasteiger partial charge < -0.3 is 24.1 Å². The van der Waals surface area contributed by atoms with Crippen molar-refractivity contribution in [2.45, 2.75) is 25.4 Å². The Morgan fingerprint density at radius 3 is 2.35 bits per heavy atom. The summed E-state index contributed by atoms with van der Waals surface area (Å²) >= 11 is 1.40. The average molecular weight is 301 g/mol. The van der Waals surface area contributed by atoms with E-state index in [4.69, 9.17) is 24.1 Å². The highest BCUT2D eigenvalue weighted by Crippen LogP contribution is 2.37. The molecule has 8 heteroatoms. The number of nitrogens with zero attached hydrogens (tertiary/aromatic N) is 1. The Bertz CT molecular complexity index is 445. The molecular formula is C12H15NO6S. The lowest BCUT2D eigenvalue weighted by Crippen LogP contribution is -2.06. The summed E-state index contributed by atoms with van der Waals surface area (Å²) in [5.41, 5.74) is 0.653. The van der Waals surface area contributed by atoms with Gasteiger partial charge >= 0.3 is 5.97 Å². The Labute approximate surface area is 119 Å². The highest BCUT2D eigenvalue weighted by atomic mass is 32.1. The second kappa shape index (κ2) is 6.15. The zero-order chi connectivity index (χ0) is 13.9. The van der Waals surface area contributed by atoms with Crippen molar-refractivity contribution in [3.8, 4) is 0 Å². The van der Waals surface area contributed by atoms with Crippen LogP contribution in [-0.4, -0.2) is 42.5 Å². The molecule has 3 heterocycles. The molecule has 2 fully saturated rings. The number of carboxylic acids is 1. The van der Waals surface area contributed by atoms with Crippen LogP contribution in [0.2, 0.25) is 0 Å². The molecule has 0 radical (unpaired) electrons. The lowest BCUT2D eigenvalue weighted by Gasteiger charge is -2.12. The first-order valence-electron chi connectivity index (χ1n) is 6.42. The van der Waals surface area contributed by atoms with Gasteiger partial charge in [0.15, 0.2) is 6.29 Å². The Hall–Kier alpha value is -1.06. The predicted molar refractivity (Wildman–Crippen MR) is 67.4 cm³/mol. The van der Waals surface area contributed by atoms with E-state index in [2.05, 4.69) is 4.98 Å². The molecule has 0 unspecified atom stereocenters. The molecule has 20 heavy (non-hydrogen) atoms. The Morgan fingerprint density at radius 1 is 1.15 bits per heavy atom. The molecule has 1 aromatic heterocycles. The van der Waals surface area contributed by atoms with Gasteiger partial charge in [-0.2, -0.15) is 0 Å². The highest BCUT2D eigenvalue weighted by Gasteiger charge is 2.32. The first-order valence-corrected chi connectivity index (χ1v) is 7.23.